The van der Waals surface area contributed by atoms with E-state index in [2.05, 4.69) is 44.9 Å². The van der Waals surface area contributed by atoms with E-state index in [-0.39, 0.29) is 12.0 Å². The zero-order valence-electron chi connectivity index (χ0n) is 18.5. The van der Waals surface area contributed by atoms with Gasteiger partial charge in [-0.2, -0.15) is 9.61 Å². The normalized spacial score (nSPS) is 19.1. The summed E-state index contributed by atoms with van der Waals surface area (Å²) in [5, 5.41) is 25.0. The van der Waals surface area contributed by atoms with Gasteiger partial charge < -0.3 is 26.0 Å². The summed E-state index contributed by atoms with van der Waals surface area (Å²) in [6.07, 6.45) is 2.49. The molecule has 0 unspecified atom stereocenters. The fourth-order valence-corrected chi connectivity index (χ4v) is 4.24. The Labute approximate surface area is 186 Å². The molecule has 2 atom stereocenters. The molecule has 5 N–H and O–H groups in total. The highest BCUT2D eigenvalue weighted by Gasteiger charge is 2.23. The SMILES string of the molecule is CC(C)c1cnn2c(NCc3nc4ccccc4[nH]3)cc(NC[C@H]3CCNC[C@@H]3O)nc12. The molecular weight excluding hydrogens is 404 g/mol. The molecule has 32 heavy (non-hydrogen) atoms. The van der Waals surface area contributed by atoms with Gasteiger partial charge >= 0.3 is 0 Å². The smallest absolute Gasteiger partial charge is 0.163 e. The summed E-state index contributed by atoms with van der Waals surface area (Å²) >= 11 is 0. The number of H-pyrrole nitrogens is 1. The first kappa shape index (κ1) is 20.7. The number of benzene rings is 1. The first-order valence-electron chi connectivity index (χ1n) is 11.3. The molecule has 1 aliphatic heterocycles. The van der Waals surface area contributed by atoms with Crippen LogP contribution in [-0.2, 0) is 6.54 Å². The lowest BCUT2D eigenvalue weighted by molar-refractivity contribution is 0.0883. The van der Waals surface area contributed by atoms with Gasteiger partial charge in [0.1, 0.15) is 17.5 Å². The van der Waals surface area contributed by atoms with E-state index in [1.165, 1.54) is 0 Å². The van der Waals surface area contributed by atoms with Gasteiger partial charge in [0, 0.05) is 30.6 Å². The Bertz CT molecular complexity index is 1180. The number of para-hydroxylation sites is 2. The molecule has 0 saturated carbocycles. The lowest BCUT2D eigenvalue weighted by atomic mass is 9.95. The molecule has 168 valence electrons. The predicted molar refractivity (Wildman–Crippen MR) is 126 cm³/mol. The molecule has 0 spiro atoms. The maximum Gasteiger partial charge on any atom is 0.163 e. The number of hydrogen-bond donors (Lipinski definition) is 5. The Morgan fingerprint density at radius 2 is 2.09 bits per heavy atom. The van der Waals surface area contributed by atoms with Crippen molar-refractivity contribution in [3.63, 3.8) is 0 Å². The van der Waals surface area contributed by atoms with Gasteiger partial charge in [0.15, 0.2) is 5.65 Å². The highest BCUT2D eigenvalue weighted by Crippen LogP contribution is 2.25. The van der Waals surface area contributed by atoms with Gasteiger partial charge in [0.05, 0.1) is 29.9 Å². The summed E-state index contributed by atoms with van der Waals surface area (Å²) in [5.74, 6) is 2.99. The van der Waals surface area contributed by atoms with Crippen LogP contribution in [0.2, 0.25) is 0 Å². The van der Waals surface area contributed by atoms with Crippen LogP contribution in [0, 0.1) is 5.92 Å². The van der Waals surface area contributed by atoms with E-state index in [4.69, 9.17) is 4.98 Å². The molecular formula is C23H30N8O. The van der Waals surface area contributed by atoms with Crippen LogP contribution in [0.3, 0.4) is 0 Å². The molecule has 1 aliphatic rings. The number of β-amino-alcohol motifs (C(OH)–C–C–N with tert-alkyl or cyclic N) is 1. The number of aromatic amines is 1. The van der Waals surface area contributed by atoms with Crippen molar-refractivity contribution in [2.45, 2.75) is 38.8 Å². The van der Waals surface area contributed by atoms with Crippen LogP contribution >= 0.6 is 0 Å². The van der Waals surface area contributed by atoms with E-state index in [1.54, 1.807) is 0 Å². The molecule has 9 heteroatoms. The molecule has 1 aromatic carbocycles. The van der Waals surface area contributed by atoms with Crippen LogP contribution in [-0.4, -0.2) is 55.4 Å². The van der Waals surface area contributed by atoms with Gasteiger partial charge in [-0.3, -0.25) is 0 Å². The van der Waals surface area contributed by atoms with E-state index in [9.17, 15) is 5.11 Å². The van der Waals surface area contributed by atoms with Crippen LogP contribution in [0.5, 0.6) is 0 Å². The largest absolute Gasteiger partial charge is 0.391 e. The second-order valence-corrected chi connectivity index (χ2v) is 8.77. The molecule has 4 aromatic rings. The molecule has 4 heterocycles. The number of rotatable bonds is 7. The highest BCUT2D eigenvalue weighted by molar-refractivity contribution is 5.74. The van der Waals surface area contributed by atoms with Crippen molar-refractivity contribution in [3.8, 4) is 0 Å². The quantitative estimate of drug-likeness (QED) is 0.304. The number of aromatic nitrogens is 5. The van der Waals surface area contributed by atoms with Crippen molar-refractivity contribution >= 4 is 28.3 Å². The lowest BCUT2D eigenvalue weighted by Gasteiger charge is -2.28. The van der Waals surface area contributed by atoms with E-state index in [0.717, 1.165) is 52.7 Å². The molecule has 1 fully saturated rings. The third kappa shape index (κ3) is 4.13. The van der Waals surface area contributed by atoms with Gasteiger partial charge in [-0.05, 0) is 31.0 Å². The van der Waals surface area contributed by atoms with Crippen molar-refractivity contribution in [1.82, 2.24) is 29.9 Å². The zero-order chi connectivity index (χ0) is 22.1. The van der Waals surface area contributed by atoms with Crippen molar-refractivity contribution in [3.05, 3.63) is 47.9 Å². The fourth-order valence-electron chi connectivity index (χ4n) is 4.24. The molecule has 0 bridgehead atoms. The van der Waals surface area contributed by atoms with Gasteiger partial charge in [-0.1, -0.05) is 26.0 Å². The number of anilines is 2. The van der Waals surface area contributed by atoms with Gasteiger partial charge in [-0.25, -0.2) is 9.97 Å². The van der Waals surface area contributed by atoms with Crippen LogP contribution in [0.15, 0.2) is 36.5 Å². The minimum atomic E-state index is -0.341. The van der Waals surface area contributed by atoms with Crippen LogP contribution in [0.4, 0.5) is 11.6 Å². The minimum absolute atomic E-state index is 0.204. The van der Waals surface area contributed by atoms with Crippen LogP contribution in [0.1, 0.15) is 37.6 Å². The van der Waals surface area contributed by atoms with E-state index >= 15 is 0 Å². The molecule has 9 nitrogen and oxygen atoms in total. The maximum atomic E-state index is 10.3. The standard InChI is InChI=1S/C23H30N8O/c1-14(2)16-11-27-31-22(26-13-21-28-17-5-3-4-6-18(17)29-21)9-20(30-23(16)31)25-10-15-7-8-24-12-19(15)32/h3-6,9,11,14-15,19,24,26,32H,7-8,10,12-13H2,1-2H3,(H,25,30)(H,28,29)/t15-,19+/m1/s1. The molecule has 0 amide bonds. The number of aliphatic hydroxyl groups excluding tert-OH is 1. The predicted octanol–water partition coefficient (Wildman–Crippen LogP) is 2.72. The summed E-state index contributed by atoms with van der Waals surface area (Å²) in [5.41, 5.74) is 3.91. The zero-order valence-corrected chi connectivity index (χ0v) is 18.5. The number of imidazole rings is 1. The van der Waals surface area contributed by atoms with Crippen LogP contribution < -0.4 is 16.0 Å². The second kappa shape index (κ2) is 8.76. The van der Waals surface area contributed by atoms with Gasteiger partial charge in [0.25, 0.3) is 0 Å². The third-order valence-electron chi connectivity index (χ3n) is 6.13. The van der Waals surface area contributed by atoms with Gasteiger partial charge in [-0.15, -0.1) is 0 Å². The monoisotopic (exact) mass is 434 g/mol. The van der Waals surface area contributed by atoms with Gasteiger partial charge in [0.2, 0.25) is 0 Å². The number of nitrogens with zero attached hydrogens (tertiary/aromatic N) is 4. The number of nitrogens with one attached hydrogen (secondary N) is 4. The summed E-state index contributed by atoms with van der Waals surface area (Å²) in [4.78, 5) is 12.9. The summed E-state index contributed by atoms with van der Waals surface area (Å²) in [6.45, 7) is 7.08. The van der Waals surface area contributed by atoms with E-state index in [1.807, 2.05) is 41.0 Å². The third-order valence-corrected chi connectivity index (χ3v) is 6.13. The molecule has 0 aliphatic carbocycles. The van der Waals surface area contributed by atoms with Crippen molar-refractivity contribution in [1.29, 1.82) is 0 Å². The lowest BCUT2D eigenvalue weighted by Crippen LogP contribution is -2.43. The maximum absolute atomic E-state index is 10.3. The van der Waals surface area contributed by atoms with Crippen molar-refractivity contribution in [2.24, 2.45) is 5.92 Å². The van der Waals surface area contributed by atoms with Crippen LogP contribution in [0.25, 0.3) is 16.7 Å². The number of hydrogen-bond acceptors (Lipinski definition) is 7. The molecule has 5 rings (SSSR count). The van der Waals surface area contributed by atoms with Crippen molar-refractivity contribution < 1.29 is 5.11 Å². The number of piperidine rings is 1. The Balaban J connectivity index is 1.40. The molecule has 0 radical (unpaired) electrons. The number of aliphatic hydroxyl groups is 1. The number of fused-ring (bicyclic) bond motifs is 2. The Morgan fingerprint density at radius 3 is 2.91 bits per heavy atom. The first-order chi connectivity index (χ1) is 15.6. The molecule has 1 saturated heterocycles. The fraction of sp³-hybridized carbons (Fsp3) is 0.435. The summed E-state index contributed by atoms with van der Waals surface area (Å²) < 4.78 is 1.85. The molecule has 3 aromatic heterocycles. The summed E-state index contributed by atoms with van der Waals surface area (Å²) in [6, 6.07) is 9.98. The van der Waals surface area contributed by atoms with E-state index in [0.29, 0.717) is 25.6 Å². The van der Waals surface area contributed by atoms with Crippen molar-refractivity contribution in [2.75, 3.05) is 30.3 Å². The summed E-state index contributed by atoms with van der Waals surface area (Å²) in [7, 11) is 0. The average molecular weight is 435 g/mol. The van der Waals surface area contributed by atoms with E-state index < -0.39 is 0 Å². The topological polar surface area (TPSA) is 115 Å². The minimum Gasteiger partial charge on any atom is -0.391 e. The Kier molecular flexibility index (Phi) is 5.67. The highest BCUT2D eigenvalue weighted by atomic mass is 16.3. The Morgan fingerprint density at radius 1 is 1.22 bits per heavy atom. The Hall–Kier alpha value is -3.17. The average Bonchev–Trinajstić information content (AvgIpc) is 3.41. The second-order valence-electron chi connectivity index (χ2n) is 8.77. The first-order valence-corrected chi connectivity index (χ1v) is 11.3.